The Kier molecular flexibility index (Phi) is 5.41. The fourth-order valence-corrected chi connectivity index (χ4v) is 4.65. The molecule has 3 N–H and O–H groups in total. The smallest absolute Gasteiger partial charge is 0.209 e. The predicted octanol–water partition coefficient (Wildman–Crippen LogP) is 3.08. The lowest BCUT2D eigenvalue weighted by Crippen LogP contribution is -2.48. The maximum Gasteiger partial charge on any atom is 0.209 e. The number of hydrogen-bond donors (Lipinski definition) is 3. The molecule has 4 rings (SSSR count). The lowest BCUT2D eigenvalue weighted by Gasteiger charge is -2.32. The zero-order valence-electron chi connectivity index (χ0n) is 15.6. The number of hydrogen-bond acceptors (Lipinski definition) is 6. The molecule has 0 spiro atoms. The van der Waals surface area contributed by atoms with E-state index in [9.17, 15) is 12.8 Å². The molecule has 3 aromatic heterocycles. The van der Waals surface area contributed by atoms with Crippen LogP contribution in [0.3, 0.4) is 0 Å². The van der Waals surface area contributed by atoms with Gasteiger partial charge in [0.05, 0.1) is 17.5 Å². The summed E-state index contributed by atoms with van der Waals surface area (Å²) in [4.78, 5) is 15.7. The molecule has 3 aromatic rings. The van der Waals surface area contributed by atoms with Gasteiger partial charge in [-0.1, -0.05) is 24.4 Å². The van der Waals surface area contributed by atoms with Crippen LogP contribution in [0.2, 0.25) is 5.02 Å². The van der Waals surface area contributed by atoms with Gasteiger partial charge in [-0.25, -0.2) is 32.5 Å². The van der Waals surface area contributed by atoms with Gasteiger partial charge in [0, 0.05) is 35.4 Å². The number of aromatic amines is 1. The molecule has 8 nitrogen and oxygen atoms in total. The quantitative estimate of drug-likeness (QED) is 0.564. The molecule has 29 heavy (non-hydrogen) atoms. The van der Waals surface area contributed by atoms with E-state index in [4.69, 9.17) is 11.6 Å². The van der Waals surface area contributed by atoms with Gasteiger partial charge in [0.15, 0.2) is 17.5 Å². The highest BCUT2D eigenvalue weighted by molar-refractivity contribution is 7.88. The SMILES string of the molecule is CS(=O)(=O)NC1CCCCC1Nc1nc(-c2c[nH]c3ncc(Cl)cc23)ncc1F. The summed E-state index contributed by atoms with van der Waals surface area (Å²) < 4.78 is 40.4. The molecule has 0 aliphatic heterocycles. The standard InChI is InChI=1S/C18H20ClFN6O2S/c1-29(27,28)26-15-5-3-2-4-14(15)24-18-13(20)9-23-17(25-18)12-8-22-16-11(12)6-10(19)7-21-16/h6-9,14-15,26H,2-5H2,1H3,(H,21,22)(H,23,24,25). The summed E-state index contributed by atoms with van der Waals surface area (Å²) in [5.74, 6) is -0.257. The number of rotatable bonds is 5. The molecule has 11 heteroatoms. The van der Waals surface area contributed by atoms with E-state index in [2.05, 4.69) is 30.0 Å². The lowest BCUT2D eigenvalue weighted by molar-refractivity contribution is 0.377. The van der Waals surface area contributed by atoms with E-state index in [1.54, 1.807) is 12.3 Å². The highest BCUT2D eigenvalue weighted by Gasteiger charge is 2.28. The fourth-order valence-electron chi connectivity index (χ4n) is 3.66. The topological polar surface area (TPSA) is 113 Å². The predicted molar refractivity (Wildman–Crippen MR) is 110 cm³/mol. The molecular weight excluding hydrogens is 419 g/mol. The summed E-state index contributed by atoms with van der Waals surface area (Å²) in [6, 6.07) is 1.14. The summed E-state index contributed by atoms with van der Waals surface area (Å²) >= 11 is 6.04. The molecule has 1 saturated carbocycles. The lowest BCUT2D eigenvalue weighted by atomic mass is 9.91. The van der Waals surface area contributed by atoms with Crippen molar-refractivity contribution in [1.29, 1.82) is 0 Å². The normalized spacial score (nSPS) is 20.1. The molecule has 1 fully saturated rings. The van der Waals surface area contributed by atoms with Crippen molar-refractivity contribution in [2.45, 2.75) is 37.8 Å². The number of nitrogens with zero attached hydrogens (tertiary/aromatic N) is 3. The summed E-state index contributed by atoms with van der Waals surface area (Å²) in [5.41, 5.74) is 1.27. The van der Waals surface area contributed by atoms with Crippen LogP contribution in [-0.2, 0) is 10.0 Å². The van der Waals surface area contributed by atoms with E-state index in [-0.39, 0.29) is 17.9 Å². The van der Waals surface area contributed by atoms with Crippen LogP contribution in [0, 0.1) is 5.82 Å². The molecule has 1 aliphatic carbocycles. The number of sulfonamides is 1. The average Bonchev–Trinajstić information content (AvgIpc) is 3.07. The Hall–Kier alpha value is -2.30. The summed E-state index contributed by atoms with van der Waals surface area (Å²) in [5, 5.41) is 4.27. The van der Waals surface area contributed by atoms with Crippen molar-refractivity contribution in [2.24, 2.45) is 0 Å². The highest BCUT2D eigenvalue weighted by atomic mass is 35.5. The summed E-state index contributed by atoms with van der Waals surface area (Å²) in [6.07, 6.45) is 8.66. The first kappa shape index (κ1) is 20.0. The van der Waals surface area contributed by atoms with Gasteiger partial charge in [0.1, 0.15) is 5.65 Å². The zero-order valence-corrected chi connectivity index (χ0v) is 17.2. The largest absolute Gasteiger partial charge is 0.363 e. The monoisotopic (exact) mass is 438 g/mol. The first-order valence-corrected chi connectivity index (χ1v) is 11.5. The van der Waals surface area contributed by atoms with E-state index in [0.29, 0.717) is 34.9 Å². The molecule has 0 radical (unpaired) electrons. The third-order valence-corrected chi connectivity index (χ3v) is 5.87. The zero-order chi connectivity index (χ0) is 20.6. The Balaban J connectivity index is 1.65. The minimum atomic E-state index is -3.37. The molecular formula is C18H20ClFN6O2S. The van der Waals surface area contributed by atoms with Gasteiger partial charge in [-0.2, -0.15) is 0 Å². The number of aromatic nitrogens is 4. The number of pyridine rings is 1. The van der Waals surface area contributed by atoms with Gasteiger partial charge < -0.3 is 10.3 Å². The number of anilines is 1. The minimum absolute atomic E-state index is 0.0338. The minimum Gasteiger partial charge on any atom is -0.363 e. The third kappa shape index (κ3) is 4.49. The van der Waals surface area contributed by atoms with E-state index in [1.807, 2.05) is 0 Å². The van der Waals surface area contributed by atoms with Crippen LogP contribution in [0.15, 0.2) is 24.7 Å². The van der Waals surface area contributed by atoms with Crippen molar-refractivity contribution < 1.29 is 12.8 Å². The van der Waals surface area contributed by atoms with Crippen molar-refractivity contribution in [3.63, 3.8) is 0 Å². The first-order chi connectivity index (χ1) is 13.8. The van der Waals surface area contributed by atoms with Gasteiger partial charge in [0.2, 0.25) is 10.0 Å². The number of halogens is 2. The fraction of sp³-hybridized carbons (Fsp3) is 0.389. The number of fused-ring (bicyclic) bond motifs is 1. The Morgan fingerprint density at radius 3 is 2.72 bits per heavy atom. The Labute approximate surface area is 172 Å². The summed E-state index contributed by atoms with van der Waals surface area (Å²) in [6.45, 7) is 0. The van der Waals surface area contributed by atoms with Crippen LogP contribution < -0.4 is 10.0 Å². The molecule has 0 bridgehead atoms. The van der Waals surface area contributed by atoms with E-state index in [0.717, 1.165) is 30.7 Å². The Bertz CT molecular complexity index is 1150. The molecule has 0 aromatic carbocycles. The van der Waals surface area contributed by atoms with Crippen LogP contribution in [0.4, 0.5) is 10.2 Å². The second-order valence-corrected chi connectivity index (χ2v) is 9.39. The second-order valence-electron chi connectivity index (χ2n) is 7.17. The first-order valence-electron chi connectivity index (χ1n) is 9.19. The van der Waals surface area contributed by atoms with Crippen molar-refractivity contribution in [2.75, 3.05) is 11.6 Å². The molecule has 3 heterocycles. The van der Waals surface area contributed by atoms with Crippen molar-refractivity contribution in [3.8, 4) is 11.4 Å². The van der Waals surface area contributed by atoms with Crippen molar-refractivity contribution in [3.05, 3.63) is 35.5 Å². The van der Waals surface area contributed by atoms with Crippen molar-refractivity contribution in [1.82, 2.24) is 24.7 Å². The van der Waals surface area contributed by atoms with Crippen LogP contribution >= 0.6 is 11.6 Å². The third-order valence-electron chi connectivity index (χ3n) is 4.94. The van der Waals surface area contributed by atoms with Crippen LogP contribution in [0.5, 0.6) is 0 Å². The van der Waals surface area contributed by atoms with Crippen LogP contribution in [0.25, 0.3) is 22.4 Å². The maximum absolute atomic E-state index is 14.4. The Morgan fingerprint density at radius 1 is 1.21 bits per heavy atom. The molecule has 2 atom stereocenters. The van der Waals surface area contributed by atoms with E-state index >= 15 is 0 Å². The molecule has 154 valence electrons. The van der Waals surface area contributed by atoms with Crippen LogP contribution in [-0.4, -0.2) is 46.7 Å². The van der Waals surface area contributed by atoms with Gasteiger partial charge in [-0.15, -0.1) is 0 Å². The number of nitrogens with one attached hydrogen (secondary N) is 3. The van der Waals surface area contributed by atoms with Gasteiger partial charge in [-0.3, -0.25) is 0 Å². The van der Waals surface area contributed by atoms with Gasteiger partial charge in [-0.05, 0) is 18.9 Å². The average molecular weight is 439 g/mol. The molecule has 0 amide bonds. The van der Waals surface area contributed by atoms with Crippen molar-refractivity contribution >= 4 is 38.5 Å². The highest BCUT2D eigenvalue weighted by Crippen LogP contribution is 2.29. The summed E-state index contributed by atoms with van der Waals surface area (Å²) in [7, 11) is -3.37. The maximum atomic E-state index is 14.4. The van der Waals surface area contributed by atoms with Gasteiger partial charge in [0.25, 0.3) is 0 Å². The van der Waals surface area contributed by atoms with Gasteiger partial charge >= 0.3 is 0 Å². The van der Waals surface area contributed by atoms with E-state index in [1.165, 1.54) is 6.20 Å². The van der Waals surface area contributed by atoms with E-state index < -0.39 is 15.8 Å². The molecule has 0 saturated heterocycles. The molecule has 1 aliphatic rings. The second kappa shape index (κ2) is 7.85. The Morgan fingerprint density at radius 2 is 1.97 bits per heavy atom. The number of H-pyrrole nitrogens is 1. The molecule has 2 unspecified atom stereocenters. The van der Waals surface area contributed by atoms with Crippen LogP contribution in [0.1, 0.15) is 25.7 Å².